The molecule has 0 radical (unpaired) electrons. The van der Waals surface area contributed by atoms with Crippen LogP contribution in [0.15, 0.2) is 10.5 Å². The molecule has 2 aliphatic heterocycles. The van der Waals surface area contributed by atoms with Gasteiger partial charge in [-0.25, -0.2) is 0 Å². The maximum atomic E-state index is 12.8. The molecule has 0 aromatic carbocycles. The summed E-state index contributed by atoms with van der Waals surface area (Å²) in [5.41, 5.74) is 0.615. The summed E-state index contributed by atoms with van der Waals surface area (Å²) in [6, 6.07) is 1.87. The highest BCUT2D eigenvalue weighted by Gasteiger charge is 2.35. The molecule has 2 aromatic rings. The number of nitrogens with zero attached hydrogens (tertiary/aromatic N) is 5. The van der Waals surface area contributed by atoms with Gasteiger partial charge in [0.2, 0.25) is 0 Å². The lowest BCUT2D eigenvalue weighted by molar-refractivity contribution is 0.0703. The molecule has 1 amide bonds. The van der Waals surface area contributed by atoms with Crippen LogP contribution in [0.1, 0.15) is 46.0 Å². The molecule has 2 aliphatic rings. The number of likely N-dealkylation sites (tertiary alicyclic amines) is 1. The molecule has 4 heterocycles. The van der Waals surface area contributed by atoms with Crippen molar-refractivity contribution >= 4 is 5.91 Å². The van der Waals surface area contributed by atoms with Crippen LogP contribution >= 0.6 is 0 Å². The van der Waals surface area contributed by atoms with Crippen LogP contribution in [0.4, 0.5) is 0 Å². The van der Waals surface area contributed by atoms with E-state index in [0.29, 0.717) is 43.9 Å². The summed E-state index contributed by atoms with van der Waals surface area (Å²) in [4.78, 5) is 16.7. The molecule has 1 fully saturated rings. The normalized spacial score (nSPS) is 23.9. The van der Waals surface area contributed by atoms with Gasteiger partial charge in [-0.3, -0.25) is 9.69 Å². The summed E-state index contributed by atoms with van der Waals surface area (Å²) < 4.78 is 7.57. The molecule has 0 bridgehead atoms. The highest BCUT2D eigenvalue weighted by atomic mass is 16.3. The number of likely N-dealkylation sites (N-methyl/N-ethyl adjacent to an activating group) is 1. The van der Waals surface area contributed by atoms with Gasteiger partial charge in [-0.1, -0.05) is 0 Å². The first-order chi connectivity index (χ1) is 11.9. The molecule has 0 spiro atoms. The molecule has 134 valence electrons. The Labute approximate surface area is 146 Å². The average Bonchev–Trinajstić information content (AvgIpc) is 3.22. The van der Waals surface area contributed by atoms with E-state index in [-0.39, 0.29) is 18.1 Å². The van der Waals surface area contributed by atoms with Crippen molar-refractivity contribution in [3.63, 3.8) is 0 Å². The van der Waals surface area contributed by atoms with E-state index < -0.39 is 0 Å². The number of rotatable bonds is 2. The Balaban J connectivity index is 1.55. The van der Waals surface area contributed by atoms with Crippen molar-refractivity contribution in [3.8, 4) is 0 Å². The smallest absolute Gasteiger partial charge is 0.257 e. The van der Waals surface area contributed by atoms with Crippen molar-refractivity contribution < 1.29 is 14.3 Å². The van der Waals surface area contributed by atoms with E-state index in [4.69, 9.17) is 4.42 Å². The van der Waals surface area contributed by atoms with E-state index >= 15 is 0 Å². The molecule has 8 nitrogen and oxygen atoms in total. The van der Waals surface area contributed by atoms with E-state index in [1.807, 2.05) is 20.9 Å². The lowest BCUT2D eigenvalue weighted by atomic mass is 10.1. The van der Waals surface area contributed by atoms with Crippen LogP contribution in [0.5, 0.6) is 0 Å². The Kier molecular flexibility index (Phi) is 3.88. The molecule has 1 N–H and O–H groups in total. The first-order valence-corrected chi connectivity index (χ1v) is 8.60. The van der Waals surface area contributed by atoms with Crippen molar-refractivity contribution in [2.24, 2.45) is 0 Å². The number of amides is 1. The van der Waals surface area contributed by atoms with Gasteiger partial charge in [0.15, 0.2) is 11.6 Å². The summed E-state index contributed by atoms with van der Waals surface area (Å²) in [6.45, 7) is 6.02. The third-order valence-corrected chi connectivity index (χ3v) is 5.16. The van der Waals surface area contributed by atoms with Gasteiger partial charge in [-0.2, -0.15) is 0 Å². The Morgan fingerprint density at radius 1 is 1.32 bits per heavy atom. The van der Waals surface area contributed by atoms with Crippen LogP contribution in [0.25, 0.3) is 0 Å². The van der Waals surface area contributed by atoms with Gasteiger partial charge in [0, 0.05) is 19.6 Å². The number of β-amino-alcohol motifs (C(OH)–C–C–N with tert-alkyl or cyclic N) is 1. The number of aryl methyl sites for hydroxylation is 2. The number of aliphatic hydroxyl groups excluding tert-OH is 1. The zero-order chi connectivity index (χ0) is 17.7. The van der Waals surface area contributed by atoms with Crippen LogP contribution in [0.2, 0.25) is 0 Å². The van der Waals surface area contributed by atoms with Crippen molar-refractivity contribution in [1.29, 1.82) is 0 Å². The number of furan rings is 1. The molecule has 1 saturated heterocycles. The second-order valence-corrected chi connectivity index (χ2v) is 7.02. The van der Waals surface area contributed by atoms with Crippen molar-refractivity contribution in [1.82, 2.24) is 24.6 Å². The van der Waals surface area contributed by atoms with E-state index in [9.17, 15) is 9.90 Å². The quantitative estimate of drug-likeness (QED) is 0.869. The number of aliphatic hydroxyl groups is 1. The zero-order valence-corrected chi connectivity index (χ0v) is 14.8. The van der Waals surface area contributed by atoms with E-state index in [1.54, 1.807) is 11.0 Å². The van der Waals surface area contributed by atoms with Gasteiger partial charge in [0.05, 0.1) is 24.3 Å². The van der Waals surface area contributed by atoms with Crippen molar-refractivity contribution in [2.75, 3.05) is 20.1 Å². The van der Waals surface area contributed by atoms with Crippen LogP contribution < -0.4 is 0 Å². The summed E-state index contributed by atoms with van der Waals surface area (Å²) in [5, 5.41) is 18.5. The third-order valence-electron chi connectivity index (χ3n) is 5.16. The molecule has 0 saturated carbocycles. The minimum atomic E-state index is -0.322. The Bertz CT molecular complexity index is 811. The zero-order valence-electron chi connectivity index (χ0n) is 14.8. The summed E-state index contributed by atoms with van der Waals surface area (Å²) in [5.74, 6) is 3.04. The Morgan fingerprint density at radius 2 is 2.12 bits per heavy atom. The number of hydrogen-bond acceptors (Lipinski definition) is 6. The first-order valence-electron chi connectivity index (χ1n) is 8.60. The number of hydrogen-bond donors (Lipinski definition) is 1. The molecule has 8 heteroatoms. The molecule has 2 atom stereocenters. The molecular weight excluding hydrogens is 322 g/mol. The maximum absolute atomic E-state index is 12.8. The largest absolute Gasteiger partial charge is 0.466 e. The number of aromatic nitrogens is 3. The van der Waals surface area contributed by atoms with Crippen LogP contribution in [-0.4, -0.2) is 61.8 Å². The second-order valence-electron chi connectivity index (χ2n) is 7.02. The van der Waals surface area contributed by atoms with Gasteiger partial charge in [-0.05, 0) is 33.4 Å². The van der Waals surface area contributed by atoms with Gasteiger partial charge in [0.25, 0.3) is 5.91 Å². The van der Waals surface area contributed by atoms with Gasteiger partial charge in [0.1, 0.15) is 11.5 Å². The fourth-order valence-corrected chi connectivity index (χ4v) is 3.89. The standard InChI is InChI=1S/C17H23N5O3/c1-10-6-13(11(2)25-10)17(24)21-4-5-22-15(9-21)18-19-16(22)14-7-12(23)8-20(14)3/h6,12,14,23H,4-5,7-9H2,1-3H3/t12-,14+/m1/s1. The minimum absolute atomic E-state index is 0.0291. The number of carbonyl (C=O) groups is 1. The average molecular weight is 345 g/mol. The molecule has 25 heavy (non-hydrogen) atoms. The van der Waals surface area contributed by atoms with Crippen molar-refractivity contribution in [2.45, 2.75) is 45.5 Å². The van der Waals surface area contributed by atoms with Gasteiger partial charge < -0.3 is 19.0 Å². The second kappa shape index (κ2) is 5.96. The van der Waals surface area contributed by atoms with Crippen LogP contribution in [-0.2, 0) is 13.1 Å². The van der Waals surface area contributed by atoms with E-state index in [1.165, 1.54) is 0 Å². The number of carbonyl (C=O) groups excluding carboxylic acids is 1. The summed E-state index contributed by atoms with van der Waals surface area (Å²) >= 11 is 0. The molecule has 2 aromatic heterocycles. The molecular formula is C17H23N5O3. The first kappa shape index (κ1) is 16.3. The predicted octanol–water partition coefficient (Wildman–Crippen LogP) is 0.881. The third kappa shape index (κ3) is 2.75. The molecule has 0 unspecified atom stereocenters. The van der Waals surface area contributed by atoms with Gasteiger partial charge in [-0.15, -0.1) is 10.2 Å². The minimum Gasteiger partial charge on any atom is -0.466 e. The topological polar surface area (TPSA) is 87.6 Å². The van der Waals surface area contributed by atoms with Crippen LogP contribution in [0.3, 0.4) is 0 Å². The molecule has 0 aliphatic carbocycles. The van der Waals surface area contributed by atoms with Crippen LogP contribution in [0, 0.1) is 13.8 Å². The number of fused-ring (bicyclic) bond motifs is 1. The predicted molar refractivity (Wildman–Crippen MR) is 88.9 cm³/mol. The molecule has 4 rings (SSSR count). The van der Waals surface area contributed by atoms with Crippen molar-refractivity contribution in [3.05, 3.63) is 34.8 Å². The SMILES string of the molecule is Cc1cc(C(=O)N2CCn3c(nnc3[C@@H]3C[C@@H](O)CN3C)C2)c(C)o1. The lowest BCUT2D eigenvalue weighted by Gasteiger charge is -2.29. The fraction of sp³-hybridized carbons (Fsp3) is 0.588. The summed E-state index contributed by atoms with van der Waals surface area (Å²) in [7, 11) is 1.99. The Hall–Kier alpha value is -2.19. The maximum Gasteiger partial charge on any atom is 0.257 e. The summed E-state index contributed by atoms with van der Waals surface area (Å²) in [6.07, 6.45) is 0.349. The monoisotopic (exact) mass is 345 g/mol. The van der Waals surface area contributed by atoms with E-state index in [0.717, 1.165) is 17.4 Å². The highest BCUT2D eigenvalue weighted by Crippen LogP contribution is 2.31. The Morgan fingerprint density at radius 3 is 2.76 bits per heavy atom. The van der Waals surface area contributed by atoms with E-state index in [2.05, 4.69) is 19.7 Å². The fourth-order valence-electron chi connectivity index (χ4n) is 3.89. The lowest BCUT2D eigenvalue weighted by Crippen LogP contribution is -2.39. The van der Waals surface area contributed by atoms with Gasteiger partial charge >= 0.3 is 0 Å². The highest BCUT2D eigenvalue weighted by molar-refractivity contribution is 5.95.